The lowest BCUT2D eigenvalue weighted by molar-refractivity contribution is 0.355. The standard InChI is InChI=1S/C10H6ClN2O2/c11-7-5-6(1-3-9(7)14)8-2-4-10(15)13-12-8/h1-5H,(H,13,15). The summed E-state index contributed by atoms with van der Waals surface area (Å²) >= 11 is 5.68. The van der Waals surface area contributed by atoms with Crippen LogP contribution in [0.2, 0.25) is 5.02 Å². The second kappa shape index (κ2) is 3.74. The summed E-state index contributed by atoms with van der Waals surface area (Å²) < 4.78 is 0. The fourth-order valence-electron chi connectivity index (χ4n) is 1.17. The molecule has 0 amide bonds. The summed E-state index contributed by atoms with van der Waals surface area (Å²) in [6, 6.07) is 7.42. The van der Waals surface area contributed by atoms with Crippen molar-refractivity contribution >= 4 is 11.6 Å². The van der Waals surface area contributed by atoms with E-state index in [1.165, 1.54) is 18.2 Å². The fourth-order valence-corrected chi connectivity index (χ4v) is 1.35. The second-order valence-electron chi connectivity index (χ2n) is 2.95. The van der Waals surface area contributed by atoms with E-state index < -0.39 is 0 Å². The van der Waals surface area contributed by atoms with Crippen molar-refractivity contribution in [2.75, 3.05) is 0 Å². The zero-order valence-electron chi connectivity index (χ0n) is 7.53. The van der Waals surface area contributed by atoms with Gasteiger partial charge in [0.15, 0.2) is 5.75 Å². The van der Waals surface area contributed by atoms with Gasteiger partial charge in [0.25, 0.3) is 5.56 Å². The Morgan fingerprint density at radius 3 is 2.60 bits per heavy atom. The summed E-state index contributed by atoms with van der Waals surface area (Å²) in [5, 5.41) is 17.3. The molecule has 5 heteroatoms. The molecule has 0 saturated carbocycles. The summed E-state index contributed by atoms with van der Waals surface area (Å²) in [6.07, 6.45) is 0. The third-order valence-corrected chi connectivity index (χ3v) is 2.20. The highest BCUT2D eigenvalue weighted by Crippen LogP contribution is 2.28. The highest BCUT2D eigenvalue weighted by atomic mass is 35.5. The summed E-state index contributed by atoms with van der Waals surface area (Å²) in [5.41, 5.74) is 0.984. The van der Waals surface area contributed by atoms with Crippen molar-refractivity contribution in [2.45, 2.75) is 0 Å². The van der Waals surface area contributed by atoms with Crippen molar-refractivity contribution in [1.29, 1.82) is 0 Å². The van der Waals surface area contributed by atoms with Crippen LogP contribution in [0.5, 0.6) is 5.75 Å². The first kappa shape index (κ1) is 9.73. The van der Waals surface area contributed by atoms with Crippen LogP contribution in [0, 0.1) is 0 Å². The van der Waals surface area contributed by atoms with Crippen molar-refractivity contribution in [2.24, 2.45) is 0 Å². The SMILES string of the molecule is [O]c1ccc(-c2ccc(=O)[nH]n2)cc1Cl. The number of halogens is 1. The molecule has 75 valence electrons. The van der Waals surface area contributed by atoms with E-state index in [0.29, 0.717) is 11.3 Å². The molecule has 4 nitrogen and oxygen atoms in total. The maximum absolute atomic E-state index is 11.0. The summed E-state index contributed by atoms with van der Waals surface area (Å²) in [5.74, 6) is -0.232. The van der Waals surface area contributed by atoms with Crippen LogP contribution in [-0.4, -0.2) is 10.2 Å². The van der Waals surface area contributed by atoms with Gasteiger partial charge >= 0.3 is 0 Å². The first-order valence-electron chi connectivity index (χ1n) is 4.19. The Labute approximate surface area is 90.2 Å². The lowest BCUT2D eigenvalue weighted by atomic mass is 10.1. The van der Waals surface area contributed by atoms with Crippen LogP contribution < -0.4 is 5.56 Å². The third-order valence-electron chi connectivity index (χ3n) is 1.91. The number of rotatable bonds is 1. The molecule has 0 aliphatic carbocycles. The minimum absolute atomic E-state index is 0.139. The van der Waals surface area contributed by atoms with Crippen molar-refractivity contribution in [3.63, 3.8) is 0 Å². The van der Waals surface area contributed by atoms with E-state index in [2.05, 4.69) is 10.2 Å². The lowest BCUT2D eigenvalue weighted by Gasteiger charge is -2.00. The van der Waals surface area contributed by atoms with Crippen LogP contribution in [0.25, 0.3) is 11.3 Å². The number of benzene rings is 1. The van der Waals surface area contributed by atoms with Gasteiger partial charge < -0.3 is 0 Å². The van der Waals surface area contributed by atoms with Gasteiger partial charge in [0, 0.05) is 11.6 Å². The number of H-pyrrole nitrogens is 1. The Morgan fingerprint density at radius 1 is 1.20 bits per heavy atom. The topological polar surface area (TPSA) is 65.7 Å². The Morgan fingerprint density at radius 2 is 2.00 bits per heavy atom. The van der Waals surface area contributed by atoms with Gasteiger partial charge in [-0.25, -0.2) is 5.10 Å². The molecule has 0 unspecified atom stereocenters. The molecule has 15 heavy (non-hydrogen) atoms. The summed E-state index contributed by atoms with van der Waals surface area (Å²) in [4.78, 5) is 10.8. The molecule has 1 N–H and O–H groups in total. The van der Waals surface area contributed by atoms with Gasteiger partial charge in [0.2, 0.25) is 0 Å². The monoisotopic (exact) mass is 221 g/mol. The third kappa shape index (κ3) is 1.99. The Bertz CT molecular complexity index is 531. The van der Waals surface area contributed by atoms with E-state index in [9.17, 15) is 9.90 Å². The first-order valence-corrected chi connectivity index (χ1v) is 4.57. The predicted molar refractivity (Wildman–Crippen MR) is 55.4 cm³/mol. The van der Waals surface area contributed by atoms with Gasteiger partial charge in [-0.15, -0.1) is 0 Å². The van der Waals surface area contributed by atoms with Crippen LogP contribution in [0.15, 0.2) is 35.1 Å². The average Bonchev–Trinajstić information content (AvgIpc) is 2.23. The van der Waals surface area contributed by atoms with Crippen molar-refractivity contribution in [3.8, 4) is 17.0 Å². The first-order chi connectivity index (χ1) is 7.16. The maximum Gasteiger partial charge on any atom is 0.264 e. The van der Waals surface area contributed by atoms with Gasteiger partial charge in [-0.1, -0.05) is 11.6 Å². The lowest BCUT2D eigenvalue weighted by Crippen LogP contribution is -2.05. The van der Waals surface area contributed by atoms with E-state index in [-0.39, 0.29) is 16.3 Å². The normalized spacial score (nSPS) is 10.2. The summed E-state index contributed by atoms with van der Waals surface area (Å²) in [6.45, 7) is 0. The number of nitrogens with one attached hydrogen (secondary N) is 1. The van der Waals surface area contributed by atoms with E-state index in [1.807, 2.05) is 0 Å². The van der Waals surface area contributed by atoms with Gasteiger partial charge in [-0.05, 0) is 24.3 Å². The minimum Gasteiger partial charge on any atom is -0.288 e. The molecule has 0 aliphatic rings. The summed E-state index contributed by atoms with van der Waals surface area (Å²) in [7, 11) is 0. The number of aromatic amines is 1. The molecule has 1 aromatic carbocycles. The van der Waals surface area contributed by atoms with Crippen molar-refractivity contribution in [3.05, 3.63) is 45.7 Å². The van der Waals surface area contributed by atoms with E-state index in [1.54, 1.807) is 12.1 Å². The Kier molecular flexibility index (Phi) is 2.43. The molecule has 1 aromatic heterocycles. The minimum atomic E-state index is -0.273. The fraction of sp³-hybridized carbons (Fsp3) is 0. The molecule has 0 fully saturated rings. The predicted octanol–water partition coefficient (Wildman–Crippen LogP) is 2.23. The Balaban J connectivity index is 2.50. The van der Waals surface area contributed by atoms with Crippen LogP contribution >= 0.6 is 11.6 Å². The number of nitrogens with zero attached hydrogens (tertiary/aromatic N) is 1. The van der Waals surface area contributed by atoms with Gasteiger partial charge in [-0.2, -0.15) is 5.10 Å². The number of hydrogen-bond acceptors (Lipinski definition) is 2. The quantitative estimate of drug-likeness (QED) is 0.803. The zero-order chi connectivity index (χ0) is 10.8. The highest BCUT2D eigenvalue weighted by molar-refractivity contribution is 6.32. The molecular weight excluding hydrogens is 216 g/mol. The van der Waals surface area contributed by atoms with E-state index in [4.69, 9.17) is 11.6 Å². The molecule has 1 heterocycles. The Hall–Kier alpha value is -1.81. The molecule has 1 radical (unpaired) electrons. The van der Waals surface area contributed by atoms with Crippen LogP contribution in [0.4, 0.5) is 0 Å². The molecule has 2 aromatic rings. The smallest absolute Gasteiger partial charge is 0.264 e. The molecule has 0 spiro atoms. The second-order valence-corrected chi connectivity index (χ2v) is 3.36. The highest BCUT2D eigenvalue weighted by Gasteiger charge is 2.04. The maximum atomic E-state index is 11.0. The van der Waals surface area contributed by atoms with Crippen molar-refractivity contribution < 1.29 is 5.11 Å². The van der Waals surface area contributed by atoms with Crippen LogP contribution in [0.1, 0.15) is 0 Å². The number of hydrogen-bond donors (Lipinski definition) is 1. The van der Waals surface area contributed by atoms with Gasteiger partial charge in [0.05, 0.1) is 10.7 Å². The largest absolute Gasteiger partial charge is 0.288 e. The molecule has 0 aliphatic heterocycles. The van der Waals surface area contributed by atoms with Gasteiger partial charge in [0.1, 0.15) is 0 Å². The van der Waals surface area contributed by atoms with Crippen molar-refractivity contribution in [1.82, 2.24) is 10.2 Å². The molecular formula is C10H6ClN2O2. The van der Waals surface area contributed by atoms with E-state index >= 15 is 0 Å². The van der Waals surface area contributed by atoms with Crippen LogP contribution in [0.3, 0.4) is 0 Å². The van der Waals surface area contributed by atoms with Gasteiger partial charge in [-0.3, -0.25) is 9.90 Å². The average molecular weight is 222 g/mol. The van der Waals surface area contributed by atoms with E-state index in [0.717, 1.165) is 0 Å². The molecule has 2 rings (SSSR count). The molecule has 0 bridgehead atoms. The number of aromatic nitrogens is 2. The molecule has 0 atom stereocenters. The van der Waals surface area contributed by atoms with Crippen LogP contribution in [-0.2, 0) is 5.11 Å². The molecule has 0 saturated heterocycles. The zero-order valence-corrected chi connectivity index (χ0v) is 8.28.